The maximum atomic E-state index is 3.27. The second-order valence-electron chi connectivity index (χ2n) is 2.25. The molecule has 66 valence electrons. The van der Waals surface area contributed by atoms with Gasteiger partial charge in [-0.25, -0.2) is 0 Å². The number of hydrogen-bond acceptors (Lipinski definition) is 0. The quantitative estimate of drug-likeness (QED) is 0.476. The van der Waals surface area contributed by atoms with Crippen LogP contribution in [0.3, 0.4) is 0 Å². The molecule has 0 saturated carbocycles. The average molecular weight is 440 g/mol. The molecule has 0 atom stereocenters. The Kier molecular flexibility index (Phi) is 5.48. The second-order valence-corrected chi connectivity index (χ2v) is 44.0. The van der Waals surface area contributed by atoms with Crippen molar-refractivity contribution in [2.75, 3.05) is 0 Å². The van der Waals surface area contributed by atoms with E-state index in [1.165, 1.54) is 10.9 Å². The molecule has 0 bridgehead atoms. The SMILES string of the molecule is [Se]=P([SeH])([SeH])[Se]Cc1ccccc1. The predicted molar refractivity (Wildman–Crippen MR) is 62.9 cm³/mol. The third-order valence-electron chi connectivity index (χ3n) is 1.24. The first kappa shape index (κ1) is 11.8. The van der Waals surface area contributed by atoms with Gasteiger partial charge in [0.05, 0.1) is 0 Å². The first-order valence-corrected chi connectivity index (χ1v) is 15.7. The Morgan fingerprint density at radius 3 is 2.33 bits per heavy atom. The molecule has 12 heavy (non-hydrogen) atoms. The first-order valence-electron chi connectivity index (χ1n) is 3.32. The molecule has 0 unspecified atom stereocenters. The van der Waals surface area contributed by atoms with Crippen LogP contribution in [-0.4, -0.2) is 60.8 Å². The maximum absolute atomic E-state index is 3.27. The molecule has 0 aliphatic rings. The van der Waals surface area contributed by atoms with Crippen LogP contribution in [0.2, 0.25) is 0 Å². The van der Waals surface area contributed by atoms with Crippen LogP contribution in [0.5, 0.6) is 0 Å². The van der Waals surface area contributed by atoms with Crippen molar-refractivity contribution in [2.24, 2.45) is 0 Å². The molecule has 0 aromatic heterocycles. The normalized spacial score (nSPS) is 11.5. The molecule has 0 fully saturated rings. The van der Waals surface area contributed by atoms with Crippen molar-refractivity contribution in [3.63, 3.8) is 0 Å². The van der Waals surface area contributed by atoms with Crippen molar-refractivity contribution in [2.45, 2.75) is 5.32 Å². The zero-order valence-corrected chi connectivity index (χ0v) is 14.3. The first-order chi connectivity index (χ1) is 5.58. The zero-order valence-electron chi connectivity index (χ0n) is 6.25. The monoisotopic (exact) mass is 444 g/mol. The molecule has 5 heteroatoms. The van der Waals surface area contributed by atoms with E-state index in [0.29, 0.717) is 14.5 Å². The van der Waals surface area contributed by atoms with Crippen molar-refractivity contribution >= 4 is 62.3 Å². The number of rotatable bonds is 3. The fraction of sp³-hybridized carbons (Fsp3) is 0.143. The molecule has 0 aliphatic heterocycles. The Balaban J connectivity index is 2.50. The molecule has 0 N–H and O–H groups in total. The molecule has 1 aromatic rings. The third kappa shape index (κ3) is 5.46. The molecular weight excluding hydrogens is 431 g/mol. The summed E-state index contributed by atoms with van der Waals surface area (Å²) < 4.78 is -0.769. The van der Waals surface area contributed by atoms with Gasteiger partial charge in [-0.2, -0.15) is 0 Å². The molecule has 0 amide bonds. The Morgan fingerprint density at radius 1 is 1.25 bits per heavy atom. The van der Waals surface area contributed by atoms with Gasteiger partial charge in [-0.3, -0.25) is 0 Å². The Hall–Kier alpha value is 1.73. The van der Waals surface area contributed by atoms with E-state index in [1.54, 1.807) is 0 Å². The van der Waals surface area contributed by atoms with Crippen molar-refractivity contribution in [1.82, 2.24) is 0 Å². The number of hydrogen-bond donors (Lipinski definition) is 0. The van der Waals surface area contributed by atoms with Crippen LogP contribution in [0.15, 0.2) is 30.3 Å². The summed E-state index contributed by atoms with van der Waals surface area (Å²) in [7, 11) is 0. The molecular formula is C7H9PSe4. The fourth-order valence-electron chi connectivity index (χ4n) is 0.733. The van der Waals surface area contributed by atoms with Crippen molar-refractivity contribution in [3.05, 3.63) is 35.9 Å². The Bertz CT molecular complexity index is 279. The molecule has 1 rings (SSSR count). The van der Waals surface area contributed by atoms with Gasteiger partial charge in [0.2, 0.25) is 0 Å². The molecule has 0 heterocycles. The van der Waals surface area contributed by atoms with Gasteiger partial charge < -0.3 is 0 Å². The zero-order chi connectivity index (χ0) is 9.03. The minimum absolute atomic E-state index is 0.717. The van der Waals surface area contributed by atoms with Gasteiger partial charge in [0, 0.05) is 0 Å². The summed E-state index contributed by atoms with van der Waals surface area (Å²) in [4.78, 5) is 0. The van der Waals surface area contributed by atoms with E-state index in [0.717, 1.165) is 0 Å². The van der Waals surface area contributed by atoms with Crippen LogP contribution in [0.25, 0.3) is 0 Å². The van der Waals surface area contributed by atoms with Gasteiger partial charge >= 0.3 is 104 Å². The van der Waals surface area contributed by atoms with Gasteiger partial charge in [0.25, 0.3) is 0 Å². The van der Waals surface area contributed by atoms with Crippen molar-refractivity contribution < 1.29 is 0 Å². The summed E-state index contributed by atoms with van der Waals surface area (Å²) in [5.74, 6) is 0. The fourth-order valence-corrected chi connectivity index (χ4v) is 8.95. The second kappa shape index (κ2) is 5.57. The standard InChI is InChI=1S/C7H9PSe4/c9-8(10,11)12-6-7-4-2-1-3-5-7/h1-5H,6H2,(H2,9,10,11). The summed E-state index contributed by atoms with van der Waals surface area (Å²) in [6, 6.07) is 10.7. The van der Waals surface area contributed by atoms with E-state index < -0.39 is 1.58 Å². The minimum atomic E-state index is -0.769. The topological polar surface area (TPSA) is 0 Å². The van der Waals surface area contributed by atoms with E-state index in [4.69, 9.17) is 0 Å². The van der Waals surface area contributed by atoms with Crippen LogP contribution in [0.1, 0.15) is 5.56 Å². The van der Waals surface area contributed by atoms with E-state index in [2.05, 4.69) is 76.6 Å². The Morgan fingerprint density at radius 2 is 1.83 bits per heavy atom. The Labute approximate surface area is 102 Å². The van der Waals surface area contributed by atoms with Crippen LogP contribution < -0.4 is 0 Å². The van der Waals surface area contributed by atoms with Gasteiger partial charge in [0.15, 0.2) is 0 Å². The van der Waals surface area contributed by atoms with Crippen LogP contribution in [-0.2, 0) is 5.32 Å². The van der Waals surface area contributed by atoms with Crippen LogP contribution in [0.4, 0.5) is 0 Å². The van der Waals surface area contributed by atoms with E-state index in [-0.39, 0.29) is 0 Å². The molecule has 0 radical (unpaired) electrons. The van der Waals surface area contributed by atoms with Crippen LogP contribution >= 0.6 is 1.58 Å². The van der Waals surface area contributed by atoms with E-state index >= 15 is 0 Å². The summed E-state index contributed by atoms with van der Waals surface area (Å²) in [6.07, 6.45) is 0. The van der Waals surface area contributed by atoms with Gasteiger partial charge in [-0.15, -0.1) is 0 Å². The summed E-state index contributed by atoms with van der Waals surface area (Å²) >= 11 is 9.57. The molecule has 1 aromatic carbocycles. The van der Waals surface area contributed by atoms with Gasteiger partial charge in [-0.05, 0) is 0 Å². The molecule has 0 aliphatic carbocycles. The van der Waals surface area contributed by atoms with Crippen molar-refractivity contribution in [3.8, 4) is 0 Å². The summed E-state index contributed by atoms with van der Waals surface area (Å²) in [5.41, 5.74) is 1.47. The van der Waals surface area contributed by atoms with Crippen LogP contribution in [0, 0.1) is 0 Å². The average Bonchev–Trinajstić information content (AvgIpc) is 2.02. The molecule has 0 spiro atoms. The van der Waals surface area contributed by atoms with E-state index in [1.807, 2.05) is 0 Å². The number of benzene rings is 1. The van der Waals surface area contributed by atoms with Crippen molar-refractivity contribution in [1.29, 1.82) is 0 Å². The van der Waals surface area contributed by atoms with Gasteiger partial charge in [-0.1, -0.05) is 0 Å². The third-order valence-corrected chi connectivity index (χ3v) is 16.3. The summed E-state index contributed by atoms with van der Waals surface area (Å²) in [6.45, 7) is 0. The van der Waals surface area contributed by atoms with Gasteiger partial charge in [0.1, 0.15) is 0 Å². The molecule has 0 saturated heterocycles. The summed E-state index contributed by atoms with van der Waals surface area (Å²) in [5, 5.41) is 1.25. The molecule has 0 nitrogen and oxygen atoms in total. The van der Waals surface area contributed by atoms with E-state index in [9.17, 15) is 0 Å². The predicted octanol–water partition coefficient (Wildman–Crippen LogP) is 0.538.